The van der Waals surface area contributed by atoms with Gasteiger partial charge in [-0.25, -0.2) is 4.98 Å². The molecule has 1 aromatic carbocycles. The van der Waals surface area contributed by atoms with E-state index >= 15 is 0 Å². The van der Waals surface area contributed by atoms with Gasteiger partial charge in [0.1, 0.15) is 0 Å². The number of aryl methyl sites for hydroxylation is 3. The molecule has 6 heteroatoms. The van der Waals surface area contributed by atoms with Crippen molar-refractivity contribution in [3.63, 3.8) is 0 Å². The third-order valence-corrected chi connectivity index (χ3v) is 4.42. The van der Waals surface area contributed by atoms with Crippen LogP contribution in [0.25, 0.3) is 11.4 Å². The van der Waals surface area contributed by atoms with Gasteiger partial charge < -0.3 is 4.98 Å². The van der Waals surface area contributed by atoms with Crippen LogP contribution in [0.5, 0.6) is 0 Å². The molecule has 3 rings (SSSR count). The predicted octanol–water partition coefficient (Wildman–Crippen LogP) is 3.70. The number of carbonyl (C=O) groups is 1. The first-order chi connectivity index (χ1) is 11.0. The number of aromatic nitrogens is 4. The highest BCUT2D eigenvalue weighted by molar-refractivity contribution is 7.99. The second-order valence-corrected chi connectivity index (χ2v) is 6.48. The molecule has 0 bridgehead atoms. The van der Waals surface area contributed by atoms with Crippen LogP contribution in [0.15, 0.2) is 35.5 Å². The lowest BCUT2D eigenvalue weighted by atomic mass is 10.1. The van der Waals surface area contributed by atoms with Crippen molar-refractivity contribution in [1.82, 2.24) is 20.2 Å². The van der Waals surface area contributed by atoms with E-state index in [1.165, 1.54) is 17.3 Å². The highest BCUT2D eigenvalue weighted by Gasteiger charge is 2.14. The van der Waals surface area contributed by atoms with E-state index in [1.807, 2.05) is 51.1 Å². The largest absolute Gasteiger partial charge is 0.362 e. The molecule has 5 nitrogen and oxygen atoms in total. The van der Waals surface area contributed by atoms with Crippen LogP contribution in [0.4, 0.5) is 0 Å². The van der Waals surface area contributed by atoms with E-state index in [9.17, 15) is 4.79 Å². The molecular formula is C17H18N4OS. The van der Waals surface area contributed by atoms with Gasteiger partial charge in [-0.1, -0.05) is 41.6 Å². The van der Waals surface area contributed by atoms with Crippen molar-refractivity contribution in [3.8, 4) is 11.4 Å². The highest BCUT2D eigenvalue weighted by atomic mass is 32.2. The summed E-state index contributed by atoms with van der Waals surface area (Å²) in [5, 5.41) is 7.68. The molecule has 0 unspecified atom stereocenters. The van der Waals surface area contributed by atoms with Gasteiger partial charge in [0, 0.05) is 22.5 Å². The molecule has 0 atom stereocenters. The van der Waals surface area contributed by atoms with E-state index < -0.39 is 0 Å². The Morgan fingerprint density at radius 3 is 2.57 bits per heavy atom. The van der Waals surface area contributed by atoms with Crippen LogP contribution in [-0.2, 0) is 0 Å². The third-order valence-electron chi connectivity index (χ3n) is 3.57. The summed E-state index contributed by atoms with van der Waals surface area (Å²) in [6.45, 7) is 5.90. The fraction of sp³-hybridized carbons (Fsp3) is 0.235. The molecule has 23 heavy (non-hydrogen) atoms. The van der Waals surface area contributed by atoms with E-state index in [-0.39, 0.29) is 5.78 Å². The first-order valence-electron chi connectivity index (χ1n) is 7.34. The second-order valence-electron chi connectivity index (χ2n) is 5.54. The van der Waals surface area contributed by atoms with E-state index in [4.69, 9.17) is 0 Å². The lowest BCUT2D eigenvalue weighted by Crippen LogP contribution is -2.03. The Balaban J connectivity index is 1.66. The molecule has 0 aliphatic carbocycles. The van der Waals surface area contributed by atoms with Gasteiger partial charge in [-0.05, 0) is 26.8 Å². The van der Waals surface area contributed by atoms with Gasteiger partial charge in [0.25, 0.3) is 0 Å². The Labute approximate surface area is 138 Å². The van der Waals surface area contributed by atoms with Crippen LogP contribution >= 0.6 is 11.8 Å². The monoisotopic (exact) mass is 326 g/mol. The summed E-state index contributed by atoms with van der Waals surface area (Å²) in [7, 11) is 0. The number of aromatic amines is 2. The summed E-state index contributed by atoms with van der Waals surface area (Å²) >= 11 is 1.34. The van der Waals surface area contributed by atoms with Gasteiger partial charge in [0.05, 0.1) is 5.75 Å². The van der Waals surface area contributed by atoms with Crippen molar-refractivity contribution in [2.45, 2.75) is 25.9 Å². The van der Waals surface area contributed by atoms with Gasteiger partial charge in [0.2, 0.25) is 5.16 Å². The second kappa shape index (κ2) is 6.42. The van der Waals surface area contributed by atoms with Crippen LogP contribution in [0.1, 0.15) is 27.3 Å². The molecule has 0 saturated carbocycles. The Kier molecular flexibility index (Phi) is 4.34. The Morgan fingerprint density at radius 2 is 1.91 bits per heavy atom. The van der Waals surface area contributed by atoms with Gasteiger partial charge in [-0.2, -0.15) is 0 Å². The topological polar surface area (TPSA) is 74.4 Å². The fourth-order valence-corrected chi connectivity index (χ4v) is 3.05. The number of Topliss-reactive ketones (excluding diaryl/α,β-unsaturated/α-hetero) is 1. The van der Waals surface area contributed by atoms with Crippen LogP contribution in [-0.4, -0.2) is 31.7 Å². The van der Waals surface area contributed by atoms with E-state index in [1.54, 1.807) is 0 Å². The number of rotatable bonds is 5. The number of hydrogen-bond donors (Lipinski definition) is 2. The molecule has 2 heterocycles. The van der Waals surface area contributed by atoms with Crippen molar-refractivity contribution in [3.05, 3.63) is 52.8 Å². The number of ketones is 1. The zero-order valence-electron chi connectivity index (χ0n) is 13.3. The van der Waals surface area contributed by atoms with Crippen molar-refractivity contribution >= 4 is 17.5 Å². The lowest BCUT2D eigenvalue weighted by molar-refractivity contribution is 0.102. The Hall–Kier alpha value is -2.34. The normalized spacial score (nSPS) is 10.9. The van der Waals surface area contributed by atoms with Crippen LogP contribution < -0.4 is 0 Å². The fourth-order valence-electron chi connectivity index (χ4n) is 2.37. The van der Waals surface area contributed by atoms with E-state index in [0.29, 0.717) is 16.7 Å². The average molecular weight is 326 g/mol. The van der Waals surface area contributed by atoms with E-state index in [0.717, 1.165) is 22.5 Å². The molecule has 0 spiro atoms. The maximum Gasteiger partial charge on any atom is 0.209 e. The SMILES string of the molecule is Cc1ccc(-c2nc(SCC(=O)c3cc(C)[nH]c3C)n[nH]2)cc1. The third kappa shape index (κ3) is 3.53. The first kappa shape index (κ1) is 15.6. The maximum atomic E-state index is 12.3. The highest BCUT2D eigenvalue weighted by Crippen LogP contribution is 2.21. The molecule has 0 amide bonds. The minimum Gasteiger partial charge on any atom is -0.362 e. The summed E-state index contributed by atoms with van der Waals surface area (Å²) < 4.78 is 0. The number of H-pyrrole nitrogens is 2. The molecule has 118 valence electrons. The number of thioether (sulfide) groups is 1. The molecule has 0 aliphatic rings. The standard InChI is InChI=1S/C17H18N4OS/c1-10-4-6-13(7-5-10)16-19-17(21-20-16)23-9-15(22)14-8-11(2)18-12(14)3/h4-8,18H,9H2,1-3H3,(H,19,20,21). The molecule has 2 aromatic heterocycles. The molecule has 0 fully saturated rings. The summed E-state index contributed by atoms with van der Waals surface area (Å²) in [4.78, 5) is 19.8. The lowest BCUT2D eigenvalue weighted by Gasteiger charge is -1.98. The van der Waals surface area contributed by atoms with Crippen molar-refractivity contribution in [2.75, 3.05) is 5.75 Å². The Bertz CT molecular complexity index is 833. The number of nitrogens with one attached hydrogen (secondary N) is 2. The number of carbonyl (C=O) groups excluding carboxylic acids is 1. The van der Waals surface area contributed by atoms with Crippen LogP contribution in [0.2, 0.25) is 0 Å². The summed E-state index contributed by atoms with van der Waals surface area (Å²) in [6, 6.07) is 9.95. The Morgan fingerprint density at radius 1 is 1.17 bits per heavy atom. The van der Waals surface area contributed by atoms with Crippen molar-refractivity contribution in [1.29, 1.82) is 0 Å². The summed E-state index contributed by atoms with van der Waals surface area (Å²) in [6.07, 6.45) is 0. The summed E-state index contributed by atoms with van der Waals surface area (Å²) in [5.74, 6) is 1.12. The zero-order chi connectivity index (χ0) is 16.4. The molecular weight excluding hydrogens is 308 g/mol. The average Bonchev–Trinajstić information content (AvgIpc) is 3.12. The van der Waals surface area contributed by atoms with Crippen LogP contribution in [0, 0.1) is 20.8 Å². The smallest absolute Gasteiger partial charge is 0.209 e. The van der Waals surface area contributed by atoms with Crippen molar-refractivity contribution in [2.24, 2.45) is 0 Å². The van der Waals surface area contributed by atoms with Crippen LogP contribution in [0.3, 0.4) is 0 Å². The number of nitrogens with zero attached hydrogens (tertiary/aromatic N) is 2. The van der Waals surface area contributed by atoms with Crippen molar-refractivity contribution < 1.29 is 4.79 Å². The molecule has 0 radical (unpaired) electrons. The summed E-state index contributed by atoms with van der Waals surface area (Å²) in [5.41, 5.74) is 4.83. The minimum atomic E-state index is 0.0820. The van der Waals surface area contributed by atoms with Gasteiger partial charge in [-0.15, -0.1) is 5.10 Å². The minimum absolute atomic E-state index is 0.0820. The van der Waals surface area contributed by atoms with E-state index in [2.05, 4.69) is 20.2 Å². The predicted molar refractivity (Wildman–Crippen MR) is 91.9 cm³/mol. The molecule has 2 N–H and O–H groups in total. The first-order valence-corrected chi connectivity index (χ1v) is 8.33. The molecule has 0 saturated heterocycles. The van der Waals surface area contributed by atoms with Gasteiger partial charge >= 0.3 is 0 Å². The van der Waals surface area contributed by atoms with Gasteiger partial charge in [0.15, 0.2) is 11.6 Å². The number of benzene rings is 1. The maximum absolute atomic E-state index is 12.3. The zero-order valence-corrected chi connectivity index (χ0v) is 14.1. The molecule has 0 aliphatic heterocycles. The quantitative estimate of drug-likeness (QED) is 0.554. The molecule has 3 aromatic rings. The number of hydrogen-bond acceptors (Lipinski definition) is 4. The van der Waals surface area contributed by atoms with Gasteiger partial charge in [-0.3, -0.25) is 9.89 Å².